The van der Waals surface area contributed by atoms with Crippen molar-refractivity contribution >= 4 is 0 Å². The first-order chi connectivity index (χ1) is 19.6. The van der Waals surface area contributed by atoms with Crippen LogP contribution >= 0.6 is 0 Å². The van der Waals surface area contributed by atoms with Crippen LogP contribution in [-0.2, 0) is 22.9 Å². The van der Waals surface area contributed by atoms with Gasteiger partial charge in [-0.15, -0.1) is 0 Å². The molecule has 0 saturated carbocycles. The first kappa shape index (κ1) is 31.2. The van der Waals surface area contributed by atoms with Gasteiger partial charge in [-0.2, -0.15) is 0 Å². The van der Waals surface area contributed by atoms with Crippen LogP contribution in [0.15, 0.2) is 154 Å². The van der Waals surface area contributed by atoms with E-state index in [0.717, 1.165) is 12.8 Å². The summed E-state index contributed by atoms with van der Waals surface area (Å²) < 4.78 is 1.33. The zero-order chi connectivity index (χ0) is 27.4. The third-order valence-electron chi connectivity index (χ3n) is 9.79. The number of allylic oxidation sites excluding steroid dienone is 16. The minimum Gasteiger partial charge on any atom is -1.00 e. The van der Waals surface area contributed by atoms with Gasteiger partial charge in [0.15, 0.2) is 0 Å². The molecule has 0 saturated heterocycles. The Hall–Kier alpha value is -2.19. The molecule has 0 radical (unpaired) electrons. The Labute approximate surface area is 276 Å². The summed E-state index contributed by atoms with van der Waals surface area (Å²) in [7, 11) is 0. The molecule has 4 unspecified atom stereocenters. The van der Waals surface area contributed by atoms with Crippen molar-refractivity contribution in [1.29, 1.82) is 0 Å². The molecule has 212 valence electrons. The molecule has 5 aliphatic rings. The van der Waals surface area contributed by atoms with Crippen molar-refractivity contribution in [3.8, 4) is 0 Å². The van der Waals surface area contributed by atoms with Crippen molar-refractivity contribution in [2.45, 2.75) is 59.7 Å². The van der Waals surface area contributed by atoms with Gasteiger partial charge in [-0.1, -0.05) is 0 Å². The van der Waals surface area contributed by atoms with Crippen molar-refractivity contribution in [3.05, 3.63) is 165 Å². The molecule has 0 spiro atoms. The standard InChI is InChI=1S/C39H38.2ClH.Hf/c1-5-27-25-31-21-13-15-23-33(29-17-9-7-10-18-29)35(31)37(27)39(3,4)38-28(6-2)26-32-22-14-16-24-34(36(32)38)30-19-11-8-12-20-30;;;/h7-26,33-34H,5-6H2,1-4H3;2*1H;/q;;;+2/p-2. The van der Waals surface area contributed by atoms with Crippen molar-refractivity contribution in [1.82, 2.24) is 0 Å². The number of rotatable bonds is 4. The number of benzene rings is 2. The second-order valence-corrected chi connectivity index (χ2v) is 17.5. The van der Waals surface area contributed by atoms with Crippen molar-refractivity contribution in [2.75, 3.05) is 0 Å². The van der Waals surface area contributed by atoms with Crippen LogP contribution < -0.4 is 24.8 Å². The summed E-state index contributed by atoms with van der Waals surface area (Å²) in [6.07, 6.45) is 21.5. The first-order valence-corrected chi connectivity index (χ1v) is 19.2. The Bertz CT molecular complexity index is 1490. The number of hydrogen-bond donors (Lipinski definition) is 0. The van der Waals surface area contributed by atoms with Gasteiger partial charge in [0, 0.05) is 0 Å². The summed E-state index contributed by atoms with van der Waals surface area (Å²) >= 11 is -1.25. The van der Waals surface area contributed by atoms with Crippen LogP contribution in [-0.4, -0.2) is 0 Å². The van der Waals surface area contributed by atoms with E-state index in [9.17, 15) is 0 Å². The van der Waals surface area contributed by atoms with Gasteiger partial charge in [0.1, 0.15) is 0 Å². The Kier molecular flexibility index (Phi) is 9.25. The molecule has 2 aromatic carbocycles. The third kappa shape index (κ3) is 4.75. The predicted molar refractivity (Wildman–Crippen MR) is 165 cm³/mol. The van der Waals surface area contributed by atoms with E-state index in [1.165, 1.54) is 11.1 Å². The average molecular weight is 756 g/mol. The molecule has 2 aromatic rings. The minimum atomic E-state index is -1.25. The van der Waals surface area contributed by atoms with Crippen LogP contribution in [0.3, 0.4) is 0 Å². The zero-order valence-corrected chi connectivity index (χ0v) is 30.0. The van der Waals surface area contributed by atoms with Crippen LogP contribution in [0.4, 0.5) is 0 Å². The quantitative estimate of drug-likeness (QED) is 0.403. The van der Waals surface area contributed by atoms with E-state index < -0.39 is 22.9 Å². The number of fused-ring (bicyclic) bond motifs is 6. The second kappa shape index (κ2) is 12.4. The van der Waals surface area contributed by atoms with Gasteiger partial charge in [-0.3, -0.25) is 0 Å². The zero-order valence-electron chi connectivity index (χ0n) is 24.9. The molecule has 3 heteroatoms. The van der Waals surface area contributed by atoms with Gasteiger partial charge in [0.25, 0.3) is 0 Å². The van der Waals surface area contributed by atoms with E-state index in [1.807, 2.05) is 0 Å². The maximum Gasteiger partial charge on any atom is -1.00 e. The first-order valence-electron chi connectivity index (χ1n) is 15.1. The van der Waals surface area contributed by atoms with Crippen molar-refractivity contribution in [2.24, 2.45) is 5.41 Å². The molecule has 0 amide bonds. The molecule has 0 N–H and O–H groups in total. The summed E-state index contributed by atoms with van der Waals surface area (Å²) in [5, 5.41) is 0. The predicted octanol–water partition coefficient (Wildman–Crippen LogP) is 4.55. The SMILES string of the molecule is CCC1=C2C3=C(C=CC=CC3c3ccccc3)[CH]1[Hf+2][CH]1C3=C(C(=C1CC)C2(C)C)C(c1ccccc1)C=CC=C3.[Cl-].[Cl-]. The van der Waals surface area contributed by atoms with Gasteiger partial charge in [0.05, 0.1) is 0 Å². The molecule has 7 rings (SSSR count). The summed E-state index contributed by atoms with van der Waals surface area (Å²) in [5.74, 6) is 0.621. The summed E-state index contributed by atoms with van der Waals surface area (Å²) in [5.41, 5.74) is 16.2. The Morgan fingerprint density at radius 3 is 1.38 bits per heavy atom. The third-order valence-corrected chi connectivity index (χ3v) is 16.9. The number of hydrogen-bond acceptors (Lipinski definition) is 0. The molecule has 4 aliphatic carbocycles. The van der Waals surface area contributed by atoms with Crippen molar-refractivity contribution < 1.29 is 47.7 Å². The molecule has 1 heterocycles. The fraction of sp³-hybridized carbons (Fsp3) is 0.282. The van der Waals surface area contributed by atoms with Gasteiger partial charge < -0.3 is 24.8 Å². The normalized spacial score (nSPS) is 26.3. The van der Waals surface area contributed by atoms with Gasteiger partial charge in [-0.05, 0) is 0 Å². The summed E-state index contributed by atoms with van der Waals surface area (Å²) in [4.78, 5) is 0. The van der Waals surface area contributed by atoms with E-state index in [2.05, 4.69) is 137 Å². The maximum absolute atomic E-state index is 2.57. The van der Waals surface area contributed by atoms with Crippen LogP contribution in [0.1, 0.15) is 63.5 Å². The van der Waals surface area contributed by atoms with Gasteiger partial charge >= 0.3 is 253 Å². The van der Waals surface area contributed by atoms with E-state index >= 15 is 0 Å². The van der Waals surface area contributed by atoms with Crippen LogP contribution in [0.5, 0.6) is 0 Å². The largest absolute Gasteiger partial charge is 1.00 e. The van der Waals surface area contributed by atoms with E-state index in [1.54, 1.807) is 44.6 Å². The Morgan fingerprint density at radius 2 is 1.00 bits per heavy atom. The van der Waals surface area contributed by atoms with E-state index in [-0.39, 0.29) is 30.2 Å². The molecule has 1 aliphatic heterocycles. The molecular weight excluding hydrogens is 718 g/mol. The topological polar surface area (TPSA) is 0 Å². The average Bonchev–Trinajstić information content (AvgIpc) is 3.25. The van der Waals surface area contributed by atoms with Gasteiger partial charge in [-0.25, -0.2) is 0 Å². The minimum absolute atomic E-state index is 0. The smallest absolute Gasteiger partial charge is 1.00 e. The molecule has 4 atom stereocenters. The summed E-state index contributed by atoms with van der Waals surface area (Å²) in [6.45, 7) is 10.0. The molecular formula is C39H38Cl2Hf. The fourth-order valence-corrected chi connectivity index (χ4v) is 16.5. The van der Waals surface area contributed by atoms with Crippen molar-refractivity contribution in [3.63, 3.8) is 0 Å². The molecule has 0 nitrogen and oxygen atoms in total. The van der Waals surface area contributed by atoms with E-state index in [4.69, 9.17) is 0 Å². The molecule has 42 heavy (non-hydrogen) atoms. The van der Waals surface area contributed by atoms with Crippen LogP contribution in [0.2, 0.25) is 7.35 Å². The van der Waals surface area contributed by atoms with Crippen LogP contribution in [0, 0.1) is 5.41 Å². The molecule has 0 aromatic heterocycles. The molecule has 4 bridgehead atoms. The fourth-order valence-electron chi connectivity index (χ4n) is 8.30. The Balaban J connectivity index is 0.00000176. The van der Waals surface area contributed by atoms with E-state index in [0.29, 0.717) is 19.2 Å². The molecule has 0 fully saturated rings. The monoisotopic (exact) mass is 756 g/mol. The Morgan fingerprint density at radius 1 is 0.595 bits per heavy atom. The number of halogens is 2. The van der Waals surface area contributed by atoms with Gasteiger partial charge in [0.2, 0.25) is 0 Å². The van der Waals surface area contributed by atoms with Crippen LogP contribution in [0.25, 0.3) is 0 Å². The maximum atomic E-state index is 2.57. The second-order valence-electron chi connectivity index (χ2n) is 12.2. The summed E-state index contributed by atoms with van der Waals surface area (Å²) in [6, 6.07) is 22.5.